The van der Waals surface area contributed by atoms with Crippen molar-refractivity contribution in [3.63, 3.8) is 0 Å². The number of rotatable bonds is 9. The fourth-order valence-electron chi connectivity index (χ4n) is 15.5. The minimum absolute atomic E-state index is 0.00441. The van der Waals surface area contributed by atoms with E-state index in [2.05, 4.69) is 64.0 Å². The number of ketones is 1. The van der Waals surface area contributed by atoms with Crippen LogP contribution in [-0.4, -0.2) is 80.6 Å². The van der Waals surface area contributed by atoms with Gasteiger partial charge in [0.25, 0.3) is 5.91 Å². The first kappa shape index (κ1) is 48.1. The maximum Gasteiger partial charge on any atom is 0.309 e. The molecule has 7 aliphatic rings. The monoisotopic (exact) mass is 933 g/mol. The van der Waals surface area contributed by atoms with Crippen molar-refractivity contribution >= 4 is 54.9 Å². The van der Waals surface area contributed by atoms with Gasteiger partial charge in [-0.1, -0.05) is 71.8 Å². The average Bonchev–Trinajstić information content (AvgIpc) is 3.53. The molecule has 0 radical (unpaired) electrons. The Balaban J connectivity index is 0.994. The summed E-state index contributed by atoms with van der Waals surface area (Å²) < 4.78 is 17.7. The number of hydrogen-bond donors (Lipinski definition) is 3. The standard InChI is InChI=1S/C52H75N3O8S2/c1-30(2)40-36(56)29-52(54-45(61)48(7,8)53-42(57)31-12-14-32(15-13-31)55-24-26-65(64-62)27-25-55)23-22-50(10)33(41(40)52)16-17-38-49(9)20-19-39(47(5,6)37(49)18-21-51(38,50)11)63-44(60)35-28-34(43(58)59)46(35,3)4/h12-15,30,33-35,37-39H,16-29H2,1-11H3,(H,53,57)(H,54,61)(H,58,59)/t33-,34+,35-,37+,38-,39+,49+,50-,51-,52-/m1/s1. The van der Waals surface area contributed by atoms with E-state index in [1.54, 1.807) is 26.0 Å². The molecule has 8 rings (SSSR count). The fourth-order valence-corrected chi connectivity index (χ4v) is 17.5. The number of carbonyl (C=O) groups excluding carboxylic acids is 4. The molecule has 1 aliphatic heterocycles. The molecule has 358 valence electrons. The number of hydrogen-bond acceptors (Lipinski definition) is 8. The zero-order chi connectivity index (χ0) is 47.4. The third kappa shape index (κ3) is 7.52. The molecule has 5 saturated carbocycles. The minimum Gasteiger partial charge on any atom is -0.481 e. The second-order valence-electron chi connectivity index (χ2n) is 24.0. The van der Waals surface area contributed by atoms with Gasteiger partial charge in [0.1, 0.15) is 21.9 Å². The summed E-state index contributed by atoms with van der Waals surface area (Å²) in [5, 5.41) is 16.2. The van der Waals surface area contributed by atoms with E-state index < -0.39 is 34.3 Å². The number of ether oxygens (including phenoxy) is 1. The summed E-state index contributed by atoms with van der Waals surface area (Å²) >= 11 is 0. The van der Waals surface area contributed by atoms with E-state index in [9.17, 15) is 33.3 Å². The minimum atomic E-state index is -1.26. The summed E-state index contributed by atoms with van der Waals surface area (Å²) in [6.07, 6.45) is 7.60. The highest BCUT2D eigenvalue weighted by molar-refractivity contribution is 8.31. The number of benzene rings is 1. The van der Waals surface area contributed by atoms with Gasteiger partial charge in [-0.3, -0.25) is 24.0 Å². The predicted octanol–water partition coefficient (Wildman–Crippen LogP) is 8.27. The van der Waals surface area contributed by atoms with Gasteiger partial charge in [-0.15, -0.1) is 0 Å². The molecule has 11 nitrogen and oxygen atoms in total. The van der Waals surface area contributed by atoms with Crippen LogP contribution in [0, 0.1) is 62.6 Å². The quantitative estimate of drug-likeness (QED) is 0.207. The molecular weight excluding hydrogens is 859 g/mol. The van der Waals surface area contributed by atoms with Gasteiger partial charge in [0, 0.05) is 47.7 Å². The first-order valence-electron chi connectivity index (χ1n) is 24.5. The number of carbonyl (C=O) groups is 5. The van der Waals surface area contributed by atoms with Crippen LogP contribution in [0.2, 0.25) is 0 Å². The molecule has 0 bridgehead atoms. The third-order valence-corrected chi connectivity index (χ3v) is 22.6. The second kappa shape index (κ2) is 16.4. The molecule has 3 N–H and O–H groups in total. The van der Waals surface area contributed by atoms with Crippen LogP contribution >= 0.6 is 0 Å². The fraction of sp³-hybridized carbons (Fsp3) is 0.750. The van der Waals surface area contributed by atoms with E-state index in [4.69, 9.17) is 4.74 Å². The normalized spacial score (nSPS) is 37.5. The first-order valence-corrected chi connectivity index (χ1v) is 27.3. The number of amides is 2. The largest absolute Gasteiger partial charge is 0.481 e. The van der Waals surface area contributed by atoms with Crippen molar-refractivity contribution in [1.82, 2.24) is 10.6 Å². The molecule has 0 unspecified atom stereocenters. The number of carboxylic acids is 1. The maximum absolute atomic E-state index is 14.6. The van der Waals surface area contributed by atoms with E-state index >= 15 is 0 Å². The Morgan fingerprint density at radius 2 is 1.51 bits per heavy atom. The van der Waals surface area contributed by atoms with Gasteiger partial charge in [-0.05, 0) is 152 Å². The van der Waals surface area contributed by atoms with Gasteiger partial charge in [0.15, 0.2) is 5.78 Å². The lowest BCUT2D eigenvalue weighted by atomic mass is 9.33. The van der Waals surface area contributed by atoms with Crippen LogP contribution in [0.4, 0.5) is 5.69 Å². The summed E-state index contributed by atoms with van der Waals surface area (Å²) in [6, 6.07) is 7.46. The highest BCUT2D eigenvalue weighted by Gasteiger charge is 2.71. The molecule has 6 fully saturated rings. The topological polar surface area (TPSA) is 159 Å². The number of fused-ring (bicyclic) bond motifs is 7. The molecule has 6 aliphatic carbocycles. The molecule has 1 heterocycles. The molecule has 2 amide bonds. The highest BCUT2D eigenvalue weighted by atomic mass is 32.8. The van der Waals surface area contributed by atoms with E-state index in [1.807, 2.05) is 26.0 Å². The number of carboxylic acid groups (broad SMARTS) is 1. The zero-order valence-corrected chi connectivity index (χ0v) is 42.5. The number of nitrogens with zero attached hydrogens (tertiary/aromatic N) is 1. The third-order valence-electron chi connectivity index (χ3n) is 19.6. The van der Waals surface area contributed by atoms with Gasteiger partial charge < -0.3 is 25.4 Å². The van der Waals surface area contributed by atoms with Gasteiger partial charge in [-0.2, -0.15) is 0 Å². The number of Topliss-reactive ketones (excluding diaryl/α,β-unsaturated/α-hetero) is 1. The predicted molar refractivity (Wildman–Crippen MR) is 256 cm³/mol. The smallest absolute Gasteiger partial charge is 0.309 e. The van der Waals surface area contributed by atoms with Crippen LogP contribution in [0.25, 0.3) is 0 Å². The van der Waals surface area contributed by atoms with Crippen LogP contribution in [0.3, 0.4) is 0 Å². The van der Waals surface area contributed by atoms with Crippen LogP contribution in [0.1, 0.15) is 151 Å². The molecule has 0 spiro atoms. The van der Waals surface area contributed by atoms with Crippen molar-refractivity contribution in [3.05, 3.63) is 41.0 Å². The van der Waals surface area contributed by atoms with Crippen molar-refractivity contribution in [2.24, 2.45) is 62.6 Å². The lowest BCUT2D eigenvalue weighted by Gasteiger charge is -2.72. The molecule has 1 aromatic rings. The van der Waals surface area contributed by atoms with Crippen LogP contribution in [-0.2, 0) is 43.6 Å². The summed E-state index contributed by atoms with van der Waals surface area (Å²) in [4.78, 5) is 70.4. The Hall–Kier alpha value is -3.32. The number of nitrogens with one attached hydrogen (secondary N) is 2. The van der Waals surface area contributed by atoms with Gasteiger partial charge in [0.05, 0.1) is 17.4 Å². The summed E-state index contributed by atoms with van der Waals surface area (Å²) in [7, 11) is 0.583. The second-order valence-corrected chi connectivity index (χ2v) is 27.7. The van der Waals surface area contributed by atoms with E-state index in [0.717, 1.165) is 86.4 Å². The number of allylic oxidation sites excluding steroid dienone is 1. The van der Waals surface area contributed by atoms with Crippen molar-refractivity contribution in [1.29, 1.82) is 0 Å². The van der Waals surface area contributed by atoms with Crippen molar-refractivity contribution in [2.75, 3.05) is 29.5 Å². The lowest BCUT2D eigenvalue weighted by Crippen LogP contribution is -2.68. The molecular formula is C52H75N3O8S2. The average molecular weight is 934 g/mol. The first-order chi connectivity index (χ1) is 30.3. The van der Waals surface area contributed by atoms with Crippen LogP contribution < -0.4 is 15.5 Å². The molecule has 13 heteroatoms. The van der Waals surface area contributed by atoms with Crippen molar-refractivity contribution < 1.29 is 38.0 Å². The Labute approximate surface area is 392 Å². The molecule has 65 heavy (non-hydrogen) atoms. The van der Waals surface area contributed by atoms with E-state index in [1.165, 1.54) is 0 Å². The Morgan fingerprint density at radius 3 is 2.11 bits per heavy atom. The number of aliphatic carboxylic acids is 1. The number of anilines is 1. The maximum atomic E-state index is 14.6. The molecule has 10 atom stereocenters. The van der Waals surface area contributed by atoms with Crippen molar-refractivity contribution in [3.8, 4) is 0 Å². The van der Waals surface area contributed by atoms with Gasteiger partial charge in [0.2, 0.25) is 5.91 Å². The number of esters is 1. The van der Waals surface area contributed by atoms with Gasteiger partial charge >= 0.3 is 11.9 Å². The Morgan fingerprint density at radius 1 is 0.846 bits per heavy atom. The molecule has 1 aromatic carbocycles. The highest BCUT2D eigenvalue weighted by Crippen LogP contribution is 2.76. The summed E-state index contributed by atoms with van der Waals surface area (Å²) in [6.45, 7) is 25.2. The zero-order valence-electron chi connectivity index (χ0n) is 40.8. The Kier molecular flexibility index (Phi) is 12.2. The van der Waals surface area contributed by atoms with E-state index in [-0.39, 0.29) is 79.0 Å². The van der Waals surface area contributed by atoms with Crippen molar-refractivity contribution in [2.45, 2.75) is 158 Å². The molecule has 0 aromatic heterocycles. The Bertz CT molecular complexity index is 2250. The summed E-state index contributed by atoms with van der Waals surface area (Å²) in [5.74, 6) is 0.0667. The summed E-state index contributed by atoms with van der Waals surface area (Å²) in [5.41, 5.74) is 0.393. The SMILES string of the molecule is CC(C)C1=C2[C@H]3CC[C@@H]4[C@@]5(C)CC[C@H](OC(=O)[C@H]6C[C@@H](C(=O)O)C6(C)C)C(C)(C)[C@@H]5CC[C@@]4(C)[C@]3(C)CC[C@@]2(NC(=O)C(C)(C)NC(=O)c2ccc(N3CCS(=S=O)CC3)cc2)CC1=O. The molecule has 1 saturated heterocycles. The van der Waals surface area contributed by atoms with Crippen LogP contribution in [0.5, 0.6) is 0 Å². The van der Waals surface area contributed by atoms with Crippen LogP contribution in [0.15, 0.2) is 35.4 Å². The van der Waals surface area contributed by atoms with Gasteiger partial charge in [-0.25, -0.2) is 4.21 Å². The van der Waals surface area contributed by atoms with E-state index in [0.29, 0.717) is 40.5 Å². The lowest BCUT2D eigenvalue weighted by molar-refractivity contribution is -0.235.